The van der Waals surface area contributed by atoms with Crippen LogP contribution in [-0.4, -0.2) is 18.1 Å². The van der Waals surface area contributed by atoms with Gasteiger partial charge in [-0.25, -0.2) is 0 Å². The van der Waals surface area contributed by atoms with Gasteiger partial charge in [-0.2, -0.15) is 0 Å². The predicted octanol–water partition coefficient (Wildman–Crippen LogP) is 4.30. The van der Waals surface area contributed by atoms with Crippen LogP contribution in [0.25, 0.3) is 0 Å². The van der Waals surface area contributed by atoms with Crippen LogP contribution in [0.5, 0.6) is 0 Å². The first-order valence-corrected chi connectivity index (χ1v) is 7.84. The van der Waals surface area contributed by atoms with Gasteiger partial charge in [0.2, 0.25) is 0 Å². The second-order valence-electron chi connectivity index (χ2n) is 5.75. The number of rotatable bonds is 4. The molecule has 1 aliphatic heterocycles. The van der Waals surface area contributed by atoms with Gasteiger partial charge >= 0.3 is 0 Å². The number of pyridine rings is 1. The lowest BCUT2D eigenvalue weighted by atomic mass is 9.99. The van der Waals surface area contributed by atoms with Crippen molar-refractivity contribution in [3.05, 3.63) is 47.8 Å². The molecule has 0 aliphatic carbocycles. The molecule has 0 spiro atoms. The van der Waals surface area contributed by atoms with Crippen LogP contribution in [0.4, 0.5) is 17.1 Å². The highest BCUT2D eigenvalue weighted by molar-refractivity contribution is 5.70. The number of aryl methyl sites for hydroxylation is 2. The second kappa shape index (κ2) is 6.17. The molecular formula is C18H23N3. The lowest BCUT2D eigenvalue weighted by Gasteiger charge is -2.31. The number of aromatic nitrogens is 1. The Morgan fingerprint density at radius 3 is 3.00 bits per heavy atom. The highest BCUT2D eigenvalue weighted by Crippen LogP contribution is 2.34. The minimum absolute atomic E-state index is 0.987. The summed E-state index contributed by atoms with van der Waals surface area (Å²) in [5, 5.41) is 3.42. The van der Waals surface area contributed by atoms with Gasteiger partial charge in [0.15, 0.2) is 0 Å². The molecular weight excluding hydrogens is 258 g/mol. The van der Waals surface area contributed by atoms with E-state index in [1.54, 1.807) is 0 Å². The summed E-state index contributed by atoms with van der Waals surface area (Å²) in [5.41, 5.74) is 6.41. The molecule has 0 saturated heterocycles. The van der Waals surface area contributed by atoms with Crippen LogP contribution in [0.1, 0.15) is 30.9 Å². The van der Waals surface area contributed by atoms with Crippen LogP contribution in [0, 0.1) is 6.92 Å². The van der Waals surface area contributed by atoms with Crippen molar-refractivity contribution in [3.8, 4) is 0 Å². The normalized spacial score (nSPS) is 13.9. The molecule has 0 saturated carbocycles. The number of hydrogen-bond donors (Lipinski definition) is 1. The van der Waals surface area contributed by atoms with Gasteiger partial charge < -0.3 is 10.2 Å². The molecule has 3 heteroatoms. The number of anilines is 3. The molecule has 0 bridgehead atoms. The average Bonchev–Trinajstić information content (AvgIpc) is 2.52. The lowest BCUT2D eigenvalue weighted by Crippen LogP contribution is -2.24. The Kier molecular flexibility index (Phi) is 4.09. The van der Waals surface area contributed by atoms with E-state index in [0.717, 1.165) is 25.2 Å². The van der Waals surface area contributed by atoms with Gasteiger partial charge in [-0.15, -0.1) is 0 Å². The molecule has 1 N–H and O–H groups in total. The van der Waals surface area contributed by atoms with E-state index >= 15 is 0 Å². The van der Waals surface area contributed by atoms with Gasteiger partial charge in [-0.05, 0) is 43.9 Å². The monoisotopic (exact) mass is 281 g/mol. The summed E-state index contributed by atoms with van der Waals surface area (Å²) in [7, 11) is 0. The molecule has 110 valence electrons. The van der Waals surface area contributed by atoms with E-state index in [4.69, 9.17) is 0 Å². The minimum Gasteiger partial charge on any atom is -0.384 e. The Labute approximate surface area is 127 Å². The van der Waals surface area contributed by atoms with E-state index in [1.165, 1.54) is 35.3 Å². The van der Waals surface area contributed by atoms with E-state index in [9.17, 15) is 0 Å². The molecule has 2 aromatic rings. The average molecular weight is 281 g/mol. The maximum Gasteiger partial charge on any atom is 0.0618 e. The van der Waals surface area contributed by atoms with Crippen molar-refractivity contribution in [1.29, 1.82) is 0 Å². The fourth-order valence-electron chi connectivity index (χ4n) is 2.94. The molecule has 3 nitrogen and oxygen atoms in total. The van der Waals surface area contributed by atoms with Crippen LogP contribution in [0.3, 0.4) is 0 Å². The molecule has 2 heterocycles. The zero-order chi connectivity index (χ0) is 14.7. The zero-order valence-electron chi connectivity index (χ0n) is 12.9. The van der Waals surface area contributed by atoms with Crippen molar-refractivity contribution in [2.75, 3.05) is 23.3 Å². The Morgan fingerprint density at radius 2 is 2.14 bits per heavy atom. The molecule has 0 atom stereocenters. The van der Waals surface area contributed by atoms with Gasteiger partial charge in [0.25, 0.3) is 0 Å². The minimum atomic E-state index is 0.987. The van der Waals surface area contributed by atoms with E-state index in [0.29, 0.717) is 0 Å². The van der Waals surface area contributed by atoms with Gasteiger partial charge in [0.1, 0.15) is 0 Å². The van der Waals surface area contributed by atoms with Crippen molar-refractivity contribution in [2.24, 2.45) is 0 Å². The molecule has 0 fully saturated rings. The Morgan fingerprint density at radius 1 is 1.24 bits per heavy atom. The summed E-state index contributed by atoms with van der Waals surface area (Å²) in [6.45, 7) is 6.39. The van der Waals surface area contributed by atoms with Crippen LogP contribution < -0.4 is 10.2 Å². The largest absolute Gasteiger partial charge is 0.384 e. The van der Waals surface area contributed by atoms with Crippen LogP contribution in [0.2, 0.25) is 0 Å². The van der Waals surface area contributed by atoms with Gasteiger partial charge in [0, 0.05) is 18.8 Å². The van der Waals surface area contributed by atoms with Crippen molar-refractivity contribution >= 4 is 17.1 Å². The Hall–Kier alpha value is -2.03. The van der Waals surface area contributed by atoms with Gasteiger partial charge in [-0.1, -0.05) is 24.6 Å². The first-order valence-electron chi connectivity index (χ1n) is 7.84. The van der Waals surface area contributed by atoms with Gasteiger partial charge in [0.05, 0.1) is 23.8 Å². The fourth-order valence-corrected chi connectivity index (χ4v) is 2.94. The fraction of sp³-hybridized carbons (Fsp3) is 0.389. The molecule has 21 heavy (non-hydrogen) atoms. The van der Waals surface area contributed by atoms with E-state index in [1.807, 2.05) is 12.4 Å². The molecule has 0 unspecified atom stereocenters. The van der Waals surface area contributed by atoms with E-state index < -0.39 is 0 Å². The van der Waals surface area contributed by atoms with Crippen LogP contribution in [0.15, 0.2) is 36.7 Å². The number of benzene rings is 1. The van der Waals surface area contributed by atoms with Crippen molar-refractivity contribution in [3.63, 3.8) is 0 Å². The molecule has 1 aromatic carbocycles. The zero-order valence-corrected chi connectivity index (χ0v) is 12.9. The molecule has 0 amide bonds. The molecule has 3 rings (SSSR count). The summed E-state index contributed by atoms with van der Waals surface area (Å²) >= 11 is 0. The second-order valence-corrected chi connectivity index (χ2v) is 5.75. The quantitative estimate of drug-likeness (QED) is 0.905. The molecule has 0 radical (unpaired) electrons. The number of fused-ring (bicyclic) bond motifs is 1. The number of nitrogens with one attached hydrogen (secondary N) is 1. The highest BCUT2D eigenvalue weighted by Gasteiger charge is 2.18. The van der Waals surface area contributed by atoms with Crippen molar-refractivity contribution < 1.29 is 0 Å². The third-order valence-corrected chi connectivity index (χ3v) is 3.97. The third-order valence-electron chi connectivity index (χ3n) is 3.97. The van der Waals surface area contributed by atoms with Crippen molar-refractivity contribution in [1.82, 2.24) is 4.98 Å². The smallest absolute Gasteiger partial charge is 0.0618 e. The summed E-state index contributed by atoms with van der Waals surface area (Å²) < 4.78 is 0. The summed E-state index contributed by atoms with van der Waals surface area (Å²) in [5.74, 6) is 0. The predicted molar refractivity (Wildman–Crippen MR) is 89.5 cm³/mol. The summed E-state index contributed by atoms with van der Waals surface area (Å²) in [6, 6.07) is 8.96. The van der Waals surface area contributed by atoms with E-state index in [-0.39, 0.29) is 0 Å². The first-order chi connectivity index (χ1) is 10.3. The number of hydrogen-bond acceptors (Lipinski definition) is 3. The maximum absolute atomic E-state index is 4.40. The maximum atomic E-state index is 4.40. The third kappa shape index (κ3) is 3.02. The SMILES string of the molecule is CCCNc1cncc(N2CCCc3cc(C)ccc32)c1. The Bertz CT molecular complexity index is 622. The van der Waals surface area contributed by atoms with Crippen molar-refractivity contribution in [2.45, 2.75) is 33.1 Å². The number of nitrogens with zero attached hydrogens (tertiary/aromatic N) is 2. The van der Waals surface area contributed by atoms with Crippen LogP contribution in [-0.2, 0) is 6.42 Å². The van der Waals surface area contributed by atoms with E-state index in [2.05, 4.69) is 53.3 Å². The topological polar surface area (TPSA) is 28.2 Å². The molecule has 1 aliphatic rings. The summed E-state index contributed by atoms with van der Waals surface area (Å²) in [4.78, 5) is 6.79. The standard InChI is InChI=1S/C18H23N3/c1-3-8-20-16-11-17(13-19-12-16)21-9-4-5-15-10-14(2)6-7-18(15)21/h6-7,10-13,20H,3-5,8-9H2,1-2H3. The first kappa shape index (κ1) is 13.9. The van der Waals surface area contributed by atoms with Gasteiger partial charge in [-0.3, -0.25) is 4.98 Å². The lowest BCUT2D eigenvalue weighted by molar-refractivity contribution is 0.765. The Balaban J connectivity index is 1.91. The summed E-state index contributed by atoms with van der Waals surface area (Å²) in [6.07, 6.45) is 7.36. The molecule has 1 aromatic heterocycles. The highest BCUT2D eigenvalue weighted by atomic mass is 15.1. The van der Waals surface area contributed by atoms with Crippen LogP contribution >= 0.6 is 0 Å².